The number of anilines is 1. The van der Waals surface area contributed by atoms with Crippen LogP contribution in [0.5, 0.6) is 0 Å². The summed E-state index contributed by atoms with van der Waals surface area (Å²) in [5.74, 6) is -0.0404. The zero-order chi connectivity index (χ0) is 17.1. The highest BCUT2D eigenvalue weighted by atomic mass is 32.2. The predicted molar refractivity (Wildman–Crippen MR) is 95.5 cm³/mol. The summed E-state index contributed by atoms with van der Waals surface area (Å²) in [5, 5.41) is 13.1. The highest BCUT2D eigenvalue weighted by Gasteiger charge is 2.21. The molecule has 0 bridgehead atoms. The number of halogens is 1. The zero-order valence-corrected chi connectivity index (χ0v) is 15.3. The minimum absolute atomic E-state index is 0.155. The molecular weight excluding hydrogens is 349 g/mol. The Morgan fingerprint density at radius 2 is 2.17 bits per heavy atom. The van der Waals surface area contributed by atoms with E-state index in [0.29, 0.717) is 27.6 Å². The number of aryl methyl sites for hydroxylation is 1. The van der Waals surface area contributed by atoms with Gasteiger partial charge in [0.2, 0.25) is 5.95 Å². The van der Waals surface area contributed by atoms with Crippen LogP contribution >= 0.6 is 23.3 Å². The van der Waals surface area contributed by atoms with E-state index in [9.17, 15) is 9.50 Å². The van der Waals surface area contributed by atoms with Crippen molar-refractivity contribution in [1.82, 2.24) is 19.3 Å². The predicted octanol–water partition coefficient (Wildman–Crippen LogP) is 2.69. The van der Waals surface area contributed by atoms with Crippen molar-refractivity contribution in [2.75, 3.05) is 24.7 Å². The third kappa shape index (κ3) is 3.85. The Morgan fingerprint density at radius 3 is 2.79 bits per heavy atom. The van der Waals surface area contributed by atoms with Gasteiger partial charge in [0.25, 0.3) is 0 Å². The van der Waals surface area contributed by atoms with Gasteiger partial charge in [0, 0.05) is 19.1 Å². The van der Waals surface area contributed by atoms with Crippen LogP contribution in [0.1, 0.15) is 23.5 Å². The van der Waals surface area contributed by atoms with Crippen molar-refractivity contribution in [3.63, 3.8) is 0 Å². The van der Waals surface area contributed by atoms with Gasteiger partial charge < -0.3 is 10.4 Å². The number of hydrogen-bond acceptors (Lipinski definition) is 8. The second-order valence-corrected chi connectivity index (χ2v) is 7.57. The van der Waals surface area contributed by atoms with E-state index in [1.165, 1.54) is 17.5 Å². The smallest absolute Gasteiger partial charge is 0.223 e. The molecule has 0 aliphatic carbocycles. The van der Waals surface area contributed by atoms with Gasteiger partial charge in [-0.25, -0.2) is 19.3 Å². The fourth-order valence-corrected chi connectivity index (χ4v) is 4.19. The van der Waals surface area contributed by atoms with E-state index >= 15 is 0 Å². The molecule has 1 fully saturated rings. The summed E-state index contributed by atoms with van der Waals surface area (Å²) in [5.41, 5.74) is 0.907. The molecule has 0 spiro atoms. The number of aliphatic hydroxyl groups excluding tert-OH is 1. The largest absolute Gasteiger partial charge is 0.389 e. The molecule has 1 aliphatic heterocycles. The van der Waals surface area contributed by atoms with E-state index in [1.54, 1.807) is 18.9 Å². The second kappa shape index (κ2) is 7.73. The van der Waals surface area contributed by atoms with Crippen molar-refractivity contribution in [2.24, 2.45) is 0 Å². The maximum absolute atomic E-state index is 14.2. The minimum Gasteiger partial charge on any atom is -0.389 e. The van der Waals surface area contributed by atoms with Crippen LogP contribution in [-0.4, -0.2) is 49.8 Å². The number of piperidine rings is 1. The fraction of sp³-hybridized carbons (Fsp3) is 0.533. The van der Waals surface area contributed by atoms with Crippen molar-refractivity contribution in [3.8, 4) is 10.6 Å². The molecule has 3 rings (SSSR count). The molecule has 3 heterocycles. The zero-order valence-electron chi connectivity index (χ0n) is 13.6. The lowest BCUT2D eigenvalue weighted by Crippen LogP contribution is -2.35. The van der Waals surface area contributed by atoms with Crippen LogP contribution in [0.2, 0.25) is 0 Å². The first-order valence-corrected chi connectivity index (χ1v) is 9.76. The lowest BCUT2D eigenvalue weighted by molar-refractivity contribution is 0.281. The topological polar surface area (TPSA) is 74.2 Å². The van der Waals surface area contributed by atoms with Crippen molar-refractivity contribution in [3.05, 3.63) is 22.7 Å². The minimum atomic E-state index is -0.478. The van der Waals surface area contributed by atoms with E-state index in [2.05, 4.69) is 30.8 Å². The Bertz CT molecular complexity index is 703. The molecule has 1 saturated heterocycles. The third-order valence-electron chi connectivity index (χ3n) is 3.98. The van der Waals surface area contributed by atoms with Crippen LogP contribution in [0, 0.1) is 12.7 Å². The van der Waals surface area contributed by atoms with Crippen LogP contribution in [0.4, 0.5) is 10.3 Å². The Hall–Kier alpha value is -1.29. The van der Waals surface area contributed by atoms with Gasteiger partial charge in [-0.2, -0.15) is 0 Å². The molecule has 0 amide bonds. The van der Waals surface area contributed by atoms with Crippen LogP contribution in [0.3, 0.4) is 0 Å². The lowest BCUT2D eigenvalue weighted by Gasteiger charge is -2.30. The van der Waals surface area contributed by atoms with E-state index < -0.39 is 5.82 Å². The van der Waals surface area contributed by atoms with Crippen molar-refractivity contribution in [1.29, 1.82) is 0 Å². The Kier molecular flexibility index (Phi) is 5.65. The molecule has 0 aromatic carbocycles. The molecule has 2 N–H and O–H groups in total. The quantitative estimate of drug-likeness (QED) is 0.785. The SMILES string of the molecule is CSN1CCC(Nc2ncc(F)c(-c3sc(CO)nc3C)n2)CC1. The molecule has 24 heavy (non-hydrogen) atoms. The number of hydrogen-bond donors (Lipinski definition) is 2. The molecule has 130 valence electrons. The van der Waals surface area contributed by atoms with Gasteiger partial charge in [-0.05, 0) is 26.0 Å². The van der Waals surface area contributed by atoms with Gasteiger partial charge in [-0.15, -0.1) is 11.3 Å². The van der Waals surface area contributed by atoms with E-state index in [1.807, 2.05) is 0 Å². The molecule has 1 aliphatic rings. The highest BCUT2D eigenvalue weighted by Crippen LogP contribution is 2.31. The van der Waals surface area contributed by atoms with Crippen molar-refractivity contribution >= 4 is 29.2 Å². The molecule has 6 nitrogen and oxygen atoms in total. The lowest BCUT2D eigenvalue weighted by atomic mass is 10.1. The summed E-state index contributed by atoms with van der Waals surface area (Å²) < 4.78 is 16.5. The maximum atomic E-state index is 14.2. The number of nitrogens with one attached hydrogen (secondary N) is 1. The molecule has 2 aromatic rings. The van der Waals surface area contributed by atoms with Gasteiger partial charge in [-0.1, -0.05) is 11.9 Å². The van der Waals surface area contributed by atoms with E-state index in [4.69, 9.17) is 0 Å². The monoisotopic (exact) mass is 369 g/mol. The van der Waals surface area contributed by atoms with E-state index in [0.717, 1.165) is 25.9 Å². The average molecular weight is 369 g/mol. The molecule has 2 aromatic heterocycles. The summed E-state index contributed by atoms with van der Waals surface area (Å²) in [6, 6.07) is 0.294. The molecular formula is C15H20FN5OS2. The van der Waals surface area contributed by atoms with Crippen LogP contribution in [-0.2, 0) is 6.61 Å². The van der Waals surface area contributed by atoms with E-state index in [-0.39, 0.29) is 12.3 Å². The van der Waals surface area contributed by atoms with Crippen LogP contribution in [0.25, 0.3) is 10.6 Å². The fourth-order valence-electron chi connectivity index (χ4n) is 2.70. The highest BCUT2D eigenvalue weighted by molar-refractivity contribution is 7.96. The first-order chi connectivity index (χ1) is 11.6. The summed E-state index contributed by atoms with van der Waals surface area (Å²) >= 11 is 3.02. The molecule has 0 atom stereocenters. The summed E-state index contributed by atoms with van der Waals surface area (Å²) in [4.78, 5) is 13.3. The number of nitrogens with zero attached hydrogens (tertiary/aromatic N) is 4. The van der Waals surface area contributed by atoms with Gasteiger partial charge in [0.05, 0.1) is 23.4 Å². The number of rotatable bonds is 5. The van der Waals surface area contributed by atoms with Gasteiger partial charge in [0.15, 0.2) is 5.82 Å². The summed E-state index contributed by atoms with van der Waals surface area (Å²) in [6.07, 6.45) is 5.29. The third-order valence-corrected chi connectivity index (χ3v) is 6.01. The normalized spacial score (nSPS) is 16.5. The Morgan fingerprint density at radius 1 is 1.42 bits per heavy atom. The number of aromatic nitrogens is 3. The standard InChI is InChI=1S/C15H20FN5OS2/c1-9-14(24-12(8-22)18-9)13-11(16)7-17-15(20-13)19-10-3-5-21(23-2)6-4-10/h7,10,22H,3-6,8H2,1-2H3,(H,17,19,20). The Balaban J connectivity index is 1.78. The molecule has 0 saturated carbocycles. The average Bonchev–Trinajstić information content (AvgIpc) is 2.98. The summed E-state index contributed by atoms with van der Waals surface area (Å²) in [6.45, 7) is 3.66. The molecule has 0 unspecified atom stereocenters. The second-order valence-electron chi connectivity index (χ2n) is 5.60. The van der Waals surface area contributed by atoms with Crippen molar-refractivity contribution in [2.45, 2.75) is 32.4 Å². The van der Waals surface area contributed by atoms with Crippen molar-refractivity contribution < 1.29 is 9.50 Å². The molecule has 0 radical (unpaired) electrons. The molecule has 9 heteroatoms. The number of aliphatic hydroxyl groups is 1. The van der Waals surface area contributed by atoms with Gasteiger partial charge in [0.1, 0.15) is 10.7 Å². The summed E-state index contributed by atoms with van der Waals surface area (Å²) in [7, 11) is 0. The first-order valence-electron chi connectivity index (χ1n) is 7.76. The van der Waals surface area contributed by atoms with Crippen LogP contribution in [0.15, 0.2) is 6.20 Å². The number of thiazole rings is 1. The van der Waals surface area contributed by atoms with Gasteiger partial charge >= 0.3 is 0 Å². The van der Waals surface area contributed by atoms with Crippen LogP contribution < -0.4 is 5.32 Å². The maximum Gasteiger partial charge on any atom is 0.223 e. The first kappa shape index (κ1) is 17.5. The Labute approximate surface area is 148 Å². The van der Waals surface area contributed by atoms with Gasteiger partial charge in [-0.3, -0.25) is 4.31 Å².